The Morgan fingerprint density at radius 1 is 1.18 bits per heavy atom. The molecule has 0 aliphatic heterocycles. The normalized spacial score (nSPS) is 10.7. The van der Waals surface area contributed by atoms with Crippen molar-refractivity contribution in [3.63, 3.8) is 0 Å². The molecule has 0 saturated carbocycles. The number of tetrazole rings is 1. The standard InChI is InChI=1S/C19H21N5O4/c1-13-9-17(14(2)23(13)8-7-19(26)27-3)18(25)11-28-16-6-4-5-15(10-16)24-12-20-21-22-24/h4-6,9-10,12H,7-8,11H2,1-3H3. The van der Waals surface area contributed by atoms with Gasteiger partial charge in [-0.25, -0.2) is 4.68 Å². The van der Waals surface area contributed by atoms with Crippen LogP contribution in [0.3, 0.4) is 0 Å². The highest BCUT2D eigenvalue weighted by Crippen LogP contribution is 2.19. The molecule has 0 spiro atoms. The topological polar surface area (TPSA) is 101 Å². The van der Waals surface area contributed by atoms with Gasteiger partial charge in [-0.05, 0) is 42.5 Å². The van der Waals surface area contributed by atoms with Crippen LogP contribution in [-0.4, -0.2) is 50.2 Å². The SMILES string of the molecule is COC(=O)CCn1c(C)cc(C(=O)COc2cccc(-n3cnnn3)c2)c1C. The smallest absolute Gasteiger partial charge is 0.307 e. The number of methoxy groups -OCH3 is 1. The van der Waals surface area contributed by atoms with Gasteiger partial charge in [0.25, 0.3) is 0 Å². The molecule has 2 heterocycles. The van der Waals surface area contributed by atoms with Crippen LogP contribution < -0.4 is 4.74 Å². The Bertz CT molecular complexity index is 978. The Morgan fingerprint density at radius 2 is 2.00 bits per heavy atom. The summed E-state index contributed by atoms with van der Waals surface area (Å²) in [6.45, 7) is 4.13. The maximum Gasteiger partial charge on any atom is 0.307 e. The van der Waals surface area contributed by atoms with Gasteiger partial charge in [0.1, 0.15) is 12.1 Å². The molecule has 28 heavy (non-hydrogen) atoms. The molecule has 1 aromatic carbocycles. The number of esters is 1. The van der Waals surface area contributed by atoms with Crippen molar-refractivity contribution < 1.29 is 19.1 Å². The first kappa shape index (κ1) is 19.3. The summed E-state index contributed by atoms with van der Waals surface area (Å²) < 4.78 is 13.8. The van der Waals surface area contributed by atoms with E-state index in [4.69, 9.17) is 4.74 Å². The van der Waals surface area contributed by atoms with Gasteiger partial charge >= 0.3 is 5.97 Å². The van der Waals surface area contributed by atoms with Gasteiger partial charge in [-0.3, -0.25) is 9.59 Å². The zero-order chi connectivity index (χ0) is 20.1. The number of hydrogen-bond donors (Lipinski definition) is 0. The van der Waals surface area contributed by atoms with Gasteiger partial charge in [0.2, 0.25) is 5.78 Å². The van der Waals surface area contributed by atoms with E-state index >= 15 is 0 Å². The van der Waals surface area contributed by atoms with Crippen molar-refractivity contribution in [1.82, 2.24) is 24.8 Å². The number of Topliss-reactive ketones (excluding diaryl/α,β-unsaturated/α-hetero) is 1. The number of hydrogen-bond acceptors (Lipinski definition) is 7. The fourth-order valence-electron chi connectivity index (χ4n) is 2.95. The number of ketones is 1. The third kappa shape index (κ3) is 4.25. The molecular formula is C19H21N5O4. The third-order valence-corrected chi connectivity index (χ3v) is 4.44. The quantitative estimate of drug-likeness (QED) is 0.432. The van der Waals surface area contributed by atoms with Gasteiger partial charge in [0.05, 0.1) is 19.2 Å². The first-order chi connectivity index (χ1) is 13.5. The Hall–Kier alpha value is -3.49. The van der Waals surface area contributed by atoms with E-state index in [2.05, 4.69) is 20.3 Å². The lowest BCUT2D eigenvalue weighted by Crippen LogP contribution is -2.14. The van der Waals surface area contributed by atoms with Crippen LogP contribution in [0.2, 0.25) is 0 Å². The third-order valence-electron chi connectivity index (χ3n) is 4.44. The zero-order valence-electron chi connectivity index (χ0n) is 16.0. The molecule has 0 unspecified atom stereocenters. The highest BCUT2D eigenvalue weighted by Gasteiger charge is 2.17. The first-order valence-electron chi connectivity index (χ1n) is 8.72. The van der Waals surface area contributed by atoms with E-state index in [1.807, 2.05) is 30.5 Å². The van der Waals surface area contributed by atoms with Crippen molar-refractivity contribution >= 4 is 11.8 Å². The zero-order valence-corrected chi connectivity index (χ0v) is 16.0. The first-order valence-corrected chi connectivity index (χ1v) is 8.72. The molecule has 0 bridgehead atoms. The van der Waals surface area contributed by atoms with Crippen LogP contribution in [0, 0.1) is 13.8 Å². The van der Waals surface area contributed by atoms with E-state index in [0.717, 1.165) is 17.1 Å². The number of ether oxygens (including phenoxy) is 2. The lowest BCUT2D eigenvalue weighted by molar-refractivity contribution is -0.140. The van der Waals surface area contributed by atoms with Crippen molar-refractivity contribution in [2.75, 3.05) is 13.7 Å². The average Bonchev–Trinajstić information content (AvgIpc) is 3.33. The van der Waals surface area contributed by atoms with Crippen LogP contribution in [0.15, 0.2) is 36.7 Å². The summed E-state index contributed by atoms with van der Waals surface area (Å²) in [6.07, 6.45) is 1.73. The van der Waals surface area contributed by atoms with Crippen LogP contribution in [-0.2, 0) is 16.1 Å². The summed E-state index contributed by atoms with van der Waals surface area (Å²) >= 11 is 0. The molecule has 0 fully saturated rings. The van der Waals surface area contributed by atoms with Gasteiger partial charge in [-0.15, -0.1) is 5.10 Å². The second-order valence-electron chi connectivity index (χ2n) is 6.23. The van der Waals surface area contributed by atoms with Crippen LogP contribution >= 0.6 is 0 Å². The molecule has 0 amide bonds. The number of carbonyl (C=O) groups is 2. The summed E-state index contributed by atoms with van der Waals surface area (Å²) in [4.78, 5) is 24.0. The Morgan fingerprint density at radius 3 is 2.71 bits per heavy atom. The molecule has 0 N–H and O–H groups in total. The summed E-state index contributed by atoms with van der Waals surface area (Å²) in [5.41, 5.74) is 3.03. The molecule has 0 aliphatic rings. The number of benzene rings is 1. The van der Waals surface area contributed by atoms with Gasteiger partial charge in [-0.2, -0.15) is 0 Å². The number of aryl methyl sites for hydroxylation is 1. The second kappa shape index (κ2) is 8.47. The van der Waals surface area contributed by atoms with Crippen molar-refractivity contribution in [3.05, 3.63) is 53.6 Å². The largest absolute Gasteiger partial charge is 0.485 e. The van der Waals surface area contributed by atoms with E-state index in [1.165, 1.54) is 18.1 Å². The molecular weight excluding hydrogens is 362 g/mol. The number of carbonyl (C=O) groups excluding carboxylic acids is 2. The fourth-order valence-corrected chi connectivity index (χ4v) is 2.95. The number of nitrogens with zero attached hydrogens (tertiary/aromatic N) is 5. The minimum absolute atomic E-state index is 0.0969. The van der Waals surface area contributed by atoms with Crippen molar-refractivity contribution in [2.45, 2.75) is 26.8 Å². The fraction of sp³-hybridized carbons (Fsp3) is 0.316. The predicted molar refractivity (Wildman–Crippen MR) is 99.5 cm³/mol. The maximum absolute atomic E-state index is 12.6. The Kier molecular flexibility index (Phi) is 5.83. The van der Waals surface area contributed by atoms with Crippen molar-refractivity contribution in [3.8, 4) is 11.4 Å². The maximum atomic E-state index is 12.6. The Labute approximate surface area is 161 Å². The minimum Gasteiger partial charge on any atom is -0.485 e. The minimum atomic E-state index is -0.286. The number of rotatable bonds is 8. The monoisotopic (exact) mass is 383 g/mol. The summed E-state index contributed by atoms with van der Waals surface area (Å²) in [7, 11) is 1.36. The van der Waals surface area contributed by atoms with Gasteiger partial charge in [-0.1, -0.05) is 6.07 Å². The molecule has 0 radical (unpaired) electrons. The van der Waals surface area contributed by atoms with Crippen LogP contribution in [0.4, 0.5) is 0 Å². The van der Waals surface area contributed by atoms with E-state index < -0.39 is 0 Å². The van der Waals surface area contributed by atoms with E-state index in [0.29, 0.717) is 17.9 Å². The summed E-state index contributed by atoms with van der Waals surface area (Å²) in [5, 5.41) is 11.0. The molecule has 3 aromatic rings. The molecule has 9 heteroatoms. The van der Waals surface area contributed by atoms with Gasteiger partial charge < -0.3 is 14.0 Å². The molecule has 9 nitrogen and oxygen atoms in total. The van der Waals surface area contributed by atoms with Gasteiger partial charge in [0.15, 0.2) is 6.61 Å². The van der Waals surface area contributed by atoms with Crippen LogP contribution in [0.25, 0.3) is 5.69 Å². The lowest BCUT2D eigenvalue weighted by atomic mass is 10.1. The van der Waals surface area contributed by atoms with E-state index in [1.54, 1.807) is 18.2 Å². The highest BCUT2D eigenvalue weighted by atomic mass is 16.5. The number of aromatic nitrogens is 5. The molecule has 0 aliphatic carbocycles. The van der Waals surface area contributed by atoms with E-state index in [-0.39, 0.29) is 24.8 Å². The molecule has 146 valence electrons. The molecule has 3 rings (SSSR count). The lowest BCUT2D eigenvalue weighted by Gasteiger charge is -2.09. The van der Waals surface area contributed by atoms with Crippen LogP contribution in [0.1, 0.15) is 28.2 Å². The molecule has 2 aromatic heterocycles. The average molecular weight is 383 g/mol. The second-order valence-corrected chi connectivity index (χ2v) is 6.23. The van der Waals surface area contributed by atoms with Crippen molar-refractivity contribution in [1.29, 1.82) is 0 Å². The van der Waals surface area contributed by atoms with Crippen LogP contribution in [0.5, 0.6) is 5.75 Å². The Balaban J connectivity index is 1.67. The molecule has 0 atom stereocenters. The predicted octanol–water partition coefficient (Wildman–Crippen LogP) is 1.91. The van der Waals surface area contributed by atoms with Gasteiger partial charge in [0, 0.05) is 29.6 Å². The van der Waals surface area contributed by atoms with E-state index in [9.17, 15) is 9.59 Å². The summed E-state index contributed by atoms with van der Waals surface area (Å²) in [6, 6.07) is 8.97. The summed E-state index contributed by atoms with van der Waals surface area (Å²) in [5.74, 6) is 0.122. The molecule has 0 saturated heterocycles. The van der Waals surface area contributed by atoms with Crippen molar-refractivity contribution in [2.24, 2.45) is 0 Å². The highest BCUT2D eigenvalue weighted by molar-refractivity contribution is 5.98.